The van der Waals surface area contributed by atoms with E-state index in [4.69, 9.17) is 4.74 Å². The molecule has 5 nitrogen and oxygen atoms in total. The average Bonchev–Trinajstić information content (AvgIpc) is 2.78. The lowest BCUT2D eigenvalue weighted by molar-refractivity contribution is 0.0591. The van der Waals surface area contributed by atoms with E-state index in [2.05, 4.69) is 16.8 Å². The Morgan fingerprint density at radius 1 is 1.38 bits per heavy atom. The smallest absolute Gasteiger partial charge is 0.358 e. The molecule has 0 N–H and O–H groups in total. The number of ketones is 1. The van der Waals surface area contributed by atoms with Gasteiger partial charge >= 0.3 is 5.97 Å². The molecular formula is C15H22N2O3S. The van der Waals surface area contributed by atoms with Gasteiger partial charge < -0.3 is 9.64 Å². The summed E-state index contributed by atoms with van der Waals surface area (Å²) in [6, 6.07) is 0.434. The molecule has 0 radical (unpaired) electrons. The first-order valence-electron chi connectivity index (χ1n) is 7.45. The molecule has 1 unspecified atom stereocenters. The van der Waals surface area contributed by atoms with Crippen molar-refractivity contribution in [1.82, 2.24) is 4.98 Å². The van der Waals surface area contributed by atoms with Crippen LogP contribution in [0.15, 0.2) is 0 Å². The summed E-state index contributed by atoms with van der Waals surface area (Å²) >= 11 is 1.31. The molecule has 1 saturated heterocycles. The van der Waals surface area contributed by atoms with Crippen molar-refractivity contribution >= 4 is 28.2 Å². The third kappa shape index (κ3) is 3.43. The lowest BCUT2D eigenvalue weighted by atomic mass is 10.1. The number of ether oxygens (including phenoxy) is 1. The van der Waals surface area contributed by atoms with Crippen LogP contribution in [0.1, 0.15) is 66.1 Å². The maximum atomic E-state index is 11.8. The highest BCUT2D eigenvalue weighted by atomic mass is 32.1. The number of Topliss-reactive ketones (excluding diaryl/α,β-unsaturated/α-hetero) is 1. The number of carbonyl (C=O) groups excluding carboxylic acids is 2. The van der Waals surface area contributed by atoms with Gasteiger partial charge in [-0.2, -0.15) is 0 Å². The molecule has 1 aromatic heterocycles. The first kappa shape index (κ1) is 15.9. The maximum Gasteiger partial charge on any atom is 0.358 e. The van der Waals surface area contributed by atoms with E-state index in [1.54, 1.807) is 0 Å². The second-order valence-corrected chi connectivity index (χ2v) is 6.30. The Balaban J connectivity index is 2.38. The van der Waals surface area contributed by atoms with Crippen LogP contribution in [0.4, 0.5) is 5.13 Å². The van der Waals surface area contributed by atoms with E-state index >= 15 is 0 Å². The fraction of sp³-hybridized carbons (Fsp3) is 0.667. The quantitative estimate of drug-likeness (QED) is 0.631. The predicted molar refractivity (Wildman–Crippen MR) is 83.4 cm³/mol. The molecule has 6 heteroatoms. The highest BCUT2D eigenvalue weighted by Gasteiger charge is 2.27. The molecule has 2 rings (SSSR count). The maximum absolute atomic E-state index is 11.8. The Labute approximate surface area is 129 Å². The molecule has 2 heterocycles. The van der Waals surface area contributed by atoms with Crippen molar-refractivity contribution in [2.45, 2.75) is 52.0 Å². The minimum Gasteiger partial charge on any atom is -0.464 e. The van der Waals surface area contributed by atoms with Crippen LogP contribution < -0.4 is 4.90 Å². The summed E-state index contributed by atoms with van der Waals surface area (Å²) in [5, 5.41) is 0.773. The van der Waals surface area contributed by atoms with Gasteiger partial charge in [0.2, 0.25) is 0 Å². The second-order valence-electron chi connectivity index (χ2n) is 5.33. The molecule has 1 aliphatic heterocycles. The van der Waals surface area contributed by atoms with E-state index < -0.39 is 5.97 Å². The van der Waals surface area contributed by atoms with Gasteiger partial charge in [-0.15, -0.1) is 0 Å². The number of thiazole rings is 1. The Morgan fingerprint density at radius 2 is 2.14 bits per heavy atom. The number of aromatic nitrogens is 1. The SMILES string of the molecule is CCC1CCCCCN1c1nc(C(=O)OC)c(C(C)=O)s1. The van der Waals surface area contributed by atoms with E-state index in [1.807, 2.05) is 0 Å². The van der Waals surface area contributed by atoms with Gasteiger partial charge in [-0.1, -0.05) is 31.1 Å². The van der Waals surface area contributed by atoms with E-state index in [0.717, 1.165) is 30.9 Å². The normalized spacial score (nSPS) is 19.2. The minimum atomic E-state index is -0.537. The zero-order valence-corrected chi connectivity index (χ0v) is 13.7. The Kier molecular flexibility index (Phi) is 5.33. The van der Waals surface area contributed by atoms with Gasteiger partial charge in [-0.3, -0.25) is 4.79 Å². The molecule has 0 amide bonds. The fourth-order valence-corrected chi connectivity index (χ4v) is 3.81. The predicted octanol–water partition coefficient (Wildman–Crippen LogP) is 3.29. The molecule has 1 aromatic rings. The average molecular weight is 310 g/mol. The number of esters is 1. The Hall–Kier alpha value is -1.43. The summed E-state index contributed by atoms with van der Waals surface area (Å²) < 4.78 is 4.74. The van der Waals surface area contributed by atoms with E-state index in [1.165, 1.54) is 38.2 Å². The van der Waals surface area contributed by atoms with Crippen LogP contribution in [-0.4, -0.2) is 36.4 Å². The van der Waals surface area contributed by atoms with E-state index in [0.29, 0.717) is 10.9 Å². The van der Waals surface area contributed by atoms with Crippen molar-refractivity contribution < 1.29 is 14.3 Å². The standard InChI is InChI=1S/C15H22N2O3S/c1-4-11-8-6-5-7-9-17(11)15-16-12(14(19)20-3)13(21-15)10(2)18/h11H,4-9H2,1-3H3. The minimum absolute atomic E-state index is 0.137. The summed E-state index contributed by atoms with van der Waals surface area (Å²) in [6.45, 7) is 4.57. The molecule has 0 spiro atoms. The van der Waals surface area contributed by atoms with Crippen LogP contribution in [0.25, 0.3) is 0 Å². The number of rotatable bonds is 4. The molecule has 116 valence electrons. The second kappa shape index (κ2) is 7.02. The third-order valence-electron chi connectivity index (χ3n) is 3.91. The van der Waals surface area contributed by atoms with Gasteiger partial charge in [0.1, 0.15) is 4.88 Å². The Morgan fingerprint density at radius 3 is 2.76 bits per heavy atom. The fourth-order valence-electron chi connectivity index (χ4n) is 2.76. The number of methoxy groups -OCH3 is 1. The zero-order valence-electron chi connectivity index (χ0n) is 12.8. The number of hydrogen-bond donors (Lipinski definition) is 0. The molecule has 0 saturated carbocycles. The summed E-state index contributed by atoms with van der Waals surface area (Å²) in [5.41, 5.74) is 0.157. The van der Waals surface area contributed by atoms with Crippen molar-refractivity contribution in [2.24, 2.45) is 0 Å². The van der Waals surface area contributed by atoms with Gasteiger partial charge in [0.05, 0.1) is 7.11 Å². The molecule has 1 atom stereocenters. The van der Waals surface area contributed by atoms with Gasteiger partial charge in [0, 0.05) is 19.5 Å². The molecule has 1 aliphatic rings. The van der Waals surface area contributed by atoms with E-state index in [-0.39, 0.29) is 11.5 Å². The number of anilines is 1. The third-order valence-corrected chi connectivity index (χ3v) is 5.10. The monoisotopic (exact) mass is 310 g/mol. The lowest BCUT2D eigenvalue weighted by Gasteiger charge is -2.28. The number of nitrogens with zero attached hydrogens (tertiary/aromatic N) is 2. The van der Waals surface area contributed by atoms with Crippen LogP contribution in [0.2, 0.25) is 0 Å². The molecule has 0 bridgehead atoms. The van der Waals surface area contributed by atoms with Crippen LogP contribution in [-0.2, 0) is 4.74 Å². The largest absolute Gasteiger partial charge is 0.464 e. The van der Waals surface area contributed by atoms with Crippen molar-refractivity contribution in [1.29, 1.82) is 0 Å². The van der Waals surface area contributed by atoms with Gasteiger partial charge in [-0.05, 0) is 19.3 Å². The molecule has 1 fully saturated rings. The van der Waals surface area contributed by atoms with Gasteiger partial charge in [0.25, 0.3) is 0 Å². The first-order valence-corrected chi connectivity index (χ1v) is 8.26. The lowest BCUT2D eigenvalue weighted by Crippen LogP contribution is -2.34. The Bertz CT molecular complexity index is 527. The number of hydrogen-bond acceptors (Lipinski definition) is 6. The first-order chi connectivity index (χ1) is 10.1. The van der Waals surface area contributed by atoms with Crippen molar-refractivity contribution in [3.8, 4) is 0 Å². The summed E-state index contributed by atoms with van der Waals surface area (Å²) in [7, 11) is 1.31. The topological polar surface area (TPSA) is 59.5 Å². The van der Waals surface area contributed by atoms with Crippen molar-refractivity contribution in [2.75, 3.05) is 18.6 Å². The van der Waals surface area contributed by atoms with Crippen LogP contribution in [0.3, 0.4) is 0 Å². The number of carbonyl (C=O) groups is 2. The van der Waals surface area contributed by atoms with Gasteiger partial charge in [0.15, 0.2) is 16.6 Å². The van der Waals surface area contributed by atoms with Gasteiger partial charge in [-0.25, -0.2) is 9.78 Å². The van der Waals surface area contributed by atoms with Crippen LogP contribution in [0, 0.1) is 0 Å². The zero-order chi connectivity index (χ0) is 15.4. The highest BCUT2D eigenvalue weighted by Crippen LogP contribution is 2.32. The van der Waals surface area contributed by atoms with Crippen molar-refractivity contribution in [3.63, 3.8) is 0 Å². The summed E-state index contributed by atoms with van der Waals surface area (Å²) in [5.74, 6) is -0.674. The molecule has 0 aliphatic carbocycles. The van der Waals surface area contributed by atoms with Crippen LogP contribution in [0.5, 0.6) is 0 Å². The molecule has 21 heavy (non-hydrogen) atoms. The highest BCUT2D eigenvalue weighted by molar-refractivity contribution is 7.17. The van der Waals surface area contributed by atoms with Crippen molar-refractivity contribution in [3.05, 3.63) is 10.6 Å². The van der Waals surface area contributed by atoms with Crippen LogP contribution >= 0.6 is 11.3 Å². The van der Waals surface area contributed by atoms with E-state index in [9.17, 15) is 9.59 Å². The molecular weight excluding hydrogens is 288 g/mol. The summed E-state index contributed by atoms with van der Waals surface area (Å²) in [4.78, 5) is 30.6. The summed E-state index contributed by atoms with van der Waals surface area (Å²) in [6.07, 6.45) is 5.76. The molecule has 0 aromatic carbocycles.